The van der Waals surface area contributed by atoms with Crippen LogP contribution in [0.25, 0.3) is 0 Å². The standard InChI is InChI=1S/C8H14N2S/c1-2-11-7-3-5-10-6-4-9-8-10/h4,6,8H,2-3,5,7H2,1H3. The SMILES string of the molecule is CCSCCCn1ccnc1. The van der Waals surface area contributed by atoms with Crippen LogP contribution in [0.4, 0.5) is 0 Å². The van der Waals surface area contributed by atoms with Gasteiger partial charge in [0.2, 0.25) is 0 Å². The molecule has 1 rings (SSSR count). The summed E-state index contributed by atoms with van der Waals surface area (Å²) < 4.78 is 2.12. The first-order valence-electron chi connectivity index (χ1n) is 3.97. The number of rotatable bonds is 5. The third kappa shape index (κ3) is 3.46. The molecule has 1 aromatic heterocycles. The van der Waals surface area contributed by atoms with E-state index in [0.717, 1.165) is 6.54 Å². The molecule has 0 amide bonds. The van der Waals surface area contributed by atoms with Gasteiger partial charge in [-0.3, -0.25) is 0 Å². The molecular weight excluding hydrogens is 156 g/mol. The van der Waals surface area contributed by atoms with E-state index < -0.39 is 0 Å². The largest absolute Gasteiger partial charge is 0.337 e. The molecule has 0 aromatic carbocycles. The van der Waals surface area contributed by atoms with E-state index in [1.807, 2.05) is 30.5 Å². The predicted octanol–water partition coefficient (Wildman–Crippen LogP) is 2.03. The fourth-order valence-corrected chi connectivity index (χ4v) is 1.53. The van der Waals surface area contributed by atoms with E-state index in [-0.39, 0.29) is 0 Å². The smallest absolute Gasteiger partial charge is 0.0945 e. The monoisotopic (exact) mass is 170 g/mol. The Morgan fingerprint density at radius 3 is 3.09 bits per heavy atom. The molecule has 3 heteroatoms. The Bertz CT molecular complexity index is 172. The first-order chi connectivity index (χ1) is 5.43. The van der Waals surface area contributed by atoms with Crippen molar-refractivity contribution in [1.82, 2.24) is 9.55 Å². The second kappa shape index (κ2) is 5.24. The Morgan fingerprint density at radius 1 is 1.55 bits per heavy atom. The van der Waals surface area contributed by atoms with Gasteiger partial charge in [-0.05, 0) is 17.9 Å². The average molecular weight is 170 g/mol. The van der Waals surface area contributed by atoms with Gasteiger partial charge in [0, 0.05) is 18.9 Å². The topological polar surface area (TPSA) is 17.8 Å². The maximum absolute atomic E-state index is 3.98. The van der Waals surface area contributed by atoms with E-state index in [9.17, 15) is 0 Å². The molecule has 0 atom stereocenters. The summed E-state index contributed by atoms with van der Waals surface area (Å²) in [6.45, 7) is 3.30. The highest BCUT2D eigenvalue weighted by Crippen LogP contribution is 2.02. The number of aryl methyl sites for hydroxylation is 1. The van der Waals surface area contributed by atoms with Crippen LogP contribution in [0.15, 0.2) is 18.7 Å². The van der Waals surface area contributed by atoms with E-state index >= 15 is 0 Å². The highest BCUT2D eigenvalue weighted by molar-refractivity contribution is 7.99. The minimum atomic E-state index is 1.10. The number of aromatic nitrogens is 2. The third-order valence-corrected chi connectivity index (χ3v) is 2.45. The molecule has 2 nitrogen and oxygen atoms in total. The molecule has 0 aliphatic heterocycles. The van der Waals surface area contributed by atoms with Crippen molar-refractivity contribution in [2.45, 2.75) is 19.9 Å². The van der Waals surface area contributed by atoms with Gasteiger partial charge in [-0.2, -0.15) is 11.8 Å². The molecule has 0 N–H and O–H groups in total. The van der Waals surface area contributed by atoms with E-state index in [4.69, 9.17) is 0 Å². The highest BCUT2D eigenvalue weighted by atomic mass is 32.2. The van der Waals surface area contributed by atoms with Gasteiger partial charge in [-0.1, -0.05) is 6.92 Å². The number of hydrogen-bond donors (Lipinski definition) is 0. The molecule has 0 aliphatic rings. The lowest BCUT2D eigenvalue weighted by molar-refractivity contribution is 0.683. The fourth-order valence-electron chi connectivity index (χ4n) is 0.913. The van der Waals surface area contributed by atoms with Gasteiger partial charge in [-0.25, -0.2) is 4.98 Å². The first kappa shape index (κ1) is 8.65. The van der Waals surface area contributed by atoms with Gasteiger partial charge >= 0.3 is 0 Å². The van der Waals surface area contributed by atoms with E-state index in [2.05, 4.69) is 16.5 Å². The van der Waals surface area contributed by atoms with Crippen LogP contribution < -0.4 is 0 Å². The Balaban J connectivity index is 2.04. The maximum atomic E-state index is 3.98. The highest BCUT2D eigenvalue weighted by Gasteiger charge is 1.89. The molecule has 0 saturated heterocycles. The molecule has 0 saturated carbocycles. The summed E-state index contributed by atoms with van der Waals surface area (Å²) in [5, 5.41) is 0. The summed E-state index contributed by atoms with van der Waals surface area (Å²) in [6, 6.07) is 0. The van der Waals surface area contributed by atoms with E-state index in [1.165, 1.54) is 17.9 Å². The minimum absolute atomic E-state index is 1.10. The normalized spacial score (nSPS) is 10.3. The zero-order valence-electron chi connectivity index (χ0n) is 6.86. The lowest BCUT2D eigenvalue weighted by Gasteiger charge is -1.99. The van der Waals surface area contributed by atoms with Crippen molar-refractivity contribution in [2.75, 3.05) is 11.5 Å². The summed E-state index contributed by atoms with van der Waals surface area (Å²) in [5.41, 5.74) is 0. The lowest BCUT2D eigenvalue weighted by Crippen LogP contribution is -1.95. The minimum Gasteiger partial charge on any atom is -0.337 e. The molecule has 1 aromatic rings. The fraction of sp³-hybridized carbons (Fsp3) is 0.625. The summed E-state index contributed by atoms with van der Waals surface area (Å²) >= 11 is 2.00. The third-order valence-electron chi connectivity index (χ3n) is 1.47. The van der Waals surface area contributed by atoms with Crippen LogP contribution in [0.5, 0.6) is 0 Å². The van der Waals surface area contributed by atoms with Crippen molar-refractivity contribution in [3.63, 3.8) is 0 Å². The zero-order chi connectivity index (χ0) is 7.94. The molecule has 0 bridgehead atoms. The molecule has 0 aliphatic carbocycles. The molecule has 62 valence electrons. The molecule has 0 spiro atoms. The first-order valence-corrected chi connectivity index (χ1v) is 5.12. The van der Waals surface area contributed by atoms with Gasteiger partial charge < -0.3 is 4.57 Å². The second-order valence-electron chi connectivity index (χ2n) is 2.35. The van der Waals surface area contributed by atoms with Crippen molar-refractivity contribution in [3.05, 3.63) is 18.7 Å². The van der Waals surface area contributed by atoms with Gasteiger partial charge in [0.15, 0.2) is 0 Å². The Kier molecular flexibility index (Phi) is 4.12. The molecular formula is C8H14N2S. The van der Waals surface area contributed by atoms with Crippen molar-refractivity contribution >= 4 is 11.8 Å². The van der Waals surface area contributed by atoms with Gasteiger partial charge in [0.1, 0.15) is 0 Å². The van der Waals surface area contributed by atoms with E-state index in [0.29, 0.717) is 0 Å². The number of hydrogen-bond acceptors (Lipinski definition) is 2. The summed E-state index contributed by atoms with van der Waals surface area (Å²) in [4.78, 5) is 3.98. The van der Waals surface area contributed by atoms with Gasteiger partial charge in [-0.15, -0.1) is 0 Å². The Morgan fingerprint density at radius 2 is 2.45 bits per heavy atom. The Labute approximate surface area is 72.0 Å². The average Bonchev–Trinajstić information content (AvgIpc) is 2.50. The molecule has 1 heterocycles. The summed E-state index contributed by atoms with van der Waals surface area (Å²) in [6.07, 6.45) is 6.95. The van der Waals surface area contributed by atoms with Crippen LogP contribution in [-0.4, -0.2) is 21.1 Å². The van der Waals surface area contributed by atoms with Crippen molar-refractivity contribution in [3.8, 4) is 0 Å². The molecule has 0 unspecified atom stereocenters. The number of imidazole rings is 1. The Hall–Kier alpha value is -0.440. The molecule has 0 fully saturated rings. The lowest BCUT2D eigenvalue weighted by atomic mass is 10.5. The zero-order valence-corrected chi connectivity index (χ0v) is 7.68. The summed E-state index contributed by atoms with van der Waals surface area (Å²) in [7, 11) is 0. The van der Waals surface area contributed by atoms with Crippen LogP contribution in [0.3, 0.4) is 0 Å². The number of thioether (sulfide) groups is 1. The van der Waals surface area contributed by atoms with Crippen LogP contribution >= 0.6 is 11.8 Å². The van der Waals surface area contributed by atoms with Crippen LogP contribution in [-0.2, 0) is 6.54 Å². The van der Waals surface area contributed by atoms with Crippen LogP contribution in [0.1, 0.15) is 13.3 Å². The van der Waals surface area contributed by atoms with Crippen LogP contribution in [0, 0.1) is 0 Å². The van der Waals surface area contributed by atoms with Crippen molar-refractivity contribution in [1.29, 1.82) is 0 Å². The molecule has 11 heavy (non-hydrogen) atoms. The number of nitrogens with zero attached hydrogens (tertiary/aromatic N) is 2. The van der Waals surface area contributed by atoms with Gasteiger partial charge in [0.05, 0.1) is 6.33 Å². The second-order valence-corrected chi connectivity index (χ2v) is 3.74. The predicted molar refractivity (Wildman–Crippen MR) is 49.8 cm³/mol. The molecule has 0 radical (unpaired) electrons. The quantitative estimate of drug-likeness (QED) is 0.629. The van der Waals surface area contributed by atoms with E-state index in [1.54, 1.807) is 0 Å². The van der Waals surface area contributed by atoms with Crippen LogP contribution in [0.2, 0.25) is 0 Å². The van der Waals surface area contributed by atoms with Crippen molar-refractivity contribution < 1.29 is 0 Å². The maximum Gasteiger partial charge on any atom is 0.0945 e. The van der Waals surface area contributed by atoms with Crippen molar-refractivity contribution in [2.24, 2.45) is 0 Å². The summed E-state index contributed by atoms with van der Waals surface area (Å²) in [5.74, 6) is 2.48. The van der Waals surface area contributed by atoms with Gasteiger partial charge in [0.25, 0.3) is 0 Å².